The number of nitrogens with two attached hydrogens (primary N) is 1. The first kappa shape index (κ1) is 13.9. The number of ether oxygens (including phenoxy) is 1. The monoisotopic (exact) mass is 316 g/mol. The van der Waals surface area contributed by atoms with Crippen molar-refractivity contribution >= 4 is 15.9 Å². The van der Waals surface area contributed by atoms with Crippen LogP contribution in [-0.2, 0) is 4.74 Å². The largest absolute Gasteiger partial charge is 0.380 e. The minimum absolute atomic E-state index is 0.0794. The molecule has 1 unspecified atom stereocenters. The summed E-state index contributed by atoms with van der Waals surface area (Å²) >= 11 is 3.38. The van der Waals surface area contributed by atoms with Gasteiger partial charge in [-0.05, 0) is 24.6 Å². The Morgan fingerprint density at radius 2 is 2.22 bits per heavy atom. The molecule has 0 saturated carbocycles. The molecule has 18 heavy (non-hydrogen) atoms. The number of rotatable bonds is 3. The maximum absolute atomic E-state index is 13.9. The lowest BCUT2D eigenvalue weighted by Crippen LogP contribution is -2.36. The maximum atomic E-state index is 13.9. The molecule has 1 saturated heterocycles. The second-order valence-electron chi connectivity index (χ2n) is 4.42. The first-order valence-electron chi connectivity index (χ1n) is 6.19. The first-order valence-corrected chi connectivity index (χ1v) is 6.98. The van der Waals surface area contributed by atoms with Gasteiger partial charge in [-0.25, -0.2) is 4.39 Å². The summed E-state index contributed by atoms with van der Waals surface area (Å²) in [6, 6.07) is 4.93. The molecule has 0 aromatic heterocycles. The first-order chi connectivity index (χ1) is 8.72. The number of hydrogen-bond donors (Lipinski definition) is 1. The molecule has 0 aliphatic carbocycles. The Bertz CT molecular complexity index is 395. The minimum Gasteiger partial charge on any atom is -0.380 e. The average Bonchev–Trinajstić information content (AvgIpc) is 2.64. The normalized spacial score (nSPS) is 19.5. The van der Waals surface area contributed by atoms with Crippen molar-refractivity contribution in [1.29, 1.82) is 0 Å². The lowest BCUT2D eigenvalue weighted by molar-refractivity contribution is 0.132. The summed E-state index contributed by atoms with van der Waals surface area (Å²) in [5.41, 5.74) is 6.50. The summed E-state index contributed by atoms with van der Waals surface area (Å²) in [4.78, 5) is 2.21. The van der Waals surface area contributed by atoms with Crippen molar-refractivity contribution in [3.8, 4) is 0 Å². The Labute approximate surface area is 115 Å². The number of nitrogens with zero attached hydrogens (tertiary/aromatic N) is 1. The fraction of sp³-hybridized carbons (Fsp3) is 0.538. The van der Waals surface area contributed by atoms with Crippen LogP contribution in [0.1, 0.15) is 18.0 Å². The molecule has 1 aliphatic rings. The van der Waals surface area contributed by atoms with Crippen LogP contribution in [0, 0.1) is 5.82 Å². The van der Waals surface area contributed by atoms with Gasteiger partial charge in [0.05, 0.1) is 12.6 Å². The fourth-order valence-electron chi connectivity index (χ4n) is 2.32. The van der Waals surface area contributed by atoms with Crippen LogP contribution in [0.4, 0.5) is 4.39 Å². The van der Waals surface area contributed by atoms with Crippen LogP contribution < -0.4 is 5.73 Å². The van der Waals surface area contributed by atoms with Gasteiger partial charge in [0, 0.05) is 36.3 Å². The highest BCUT2D eigenvalue weighted by molar-refractivity contribution is 9.10. The molecule has 1 aromatic rings. The molecule has 1 fully saturated rings. The number of hydrogen-bond acceptors (Lipinski definition) is 3. The third-order valence-electron chi connectivity index (χ3n) is 3.24. The Kier molecular flexibility index (Phi) is 5.12. The van der Waals surface area contributed by atoms with Gasteiger partial charge >= 0.3 is 0 Å². The zero-order valence-electron chi connectivity index (χ0n) is 10.2. The van der Waals surface area contributed by atoms with E-state index in [1.54, 1.807) is 6.07 Å². The highest BCUT2D eigenvalue weighted by atomic mass is 79.9. The highest BCUT2D eigenvalue weighted by Crippen LogP contribution is 2.26. The summed E-state index contributed by atoms with van der Waals surface area (Å²) in [7, 11) is 0. The summed E-state index contributed by atoms with van der Waals surface area (Å²) < 4.78 is 20.2. The third-order valence-corrected chi connectivity index (χ3v) is 3.73. The van der Waals surface area contributed by atoms with Crippen molar-refractivity contribution in [2.45, 2.75) is 12.5 Å². The summed E-state index contributed by atoms with van der Waals surface area (Å²) in [5.74, 6) is -0.196. The summed E-state index contributed by atoms with van der Waals surface area (Å²) in [5, 5.41) is 0. The van der Waals surface area contributed by atoms with Gasteiger partial charge < -0.3 is 10.5 Å². The lowest BCUT2D eigenvalue weighted by Gasteiger charge is -2.29. The molecule has 0 bridgehead atoms. The van der Waals surface area contributed by atoms with E-state index in [2.05, 4.69) is 20.8 Å². The second kappa shape index (κ2) is 6.61. The molecule has 3 nitrogen and oxygen atoms in total. The molecule has 2 rings (SSSR count). The molecule has 2 N–H and O–H groups in total. The van der Waals surface area contributed by atoms with Gasteiger partial charge in [0.2, 0.25) is 0 Å². The van der Waals surface area contributed by atoms with E-state index >= 15 is 0 Å². The third kappa shape index (κ3) is 3.29. The SMILES string of the molecule is NCC(c1cc(Br)ccc1F)N1CCCOCC1. The molecule has 1 atom stereocenters. The van der Waals surface area contributed by atoms with E-state index in [1.165, 1.54) is 6.07 Å². The molecular formula is C13H18BrFN2O. The van der Waals surface area contributed by atoms with E-state index in [4.69, 9.17) is 10.5 Å². The average molecular weight is 317 g/mol. The molecule has 1 aromatic carbocycles. The van der Waals surface area contributed by atoms with E-state index in [9.17, 15) is 4.39 Å². The van der Waals surface area contributed by atoms with Crippen LogP contribution >= 0.6 is 15.9 Å². The Morgan fingerprint density at radius 1 is 1.39 bits per heavy atom. The van der Waals surface area contributed by atoms with Crippen molar-refractivity contribution in [2.24, 2.45) is 5.73 Å². The van der Waals surface area contributed by atoms with E-state index in [0.717, 1.165) is 30.6 Å². The molecule has 0 spiro atoms. The fourth-order valence-corrected chi connectivity index (χ4v) is 2.70. The highest BCUT2D eigenvalue weighted by Gasteiger charge is 2.23. The van der Waals surface area contributed by atoms with Crippen molar-refractivity contribution in [3.05, 3.63) is 34.1 Å². The van der Waals surface area contributed by atoms with Gasteiger partial charge in [0.1, 0.15) is 5.82 Å². The van der Waals surface area contributed by atoms with Gasteiger partial charge in [-0.2, -0.15) is 0 Å². The van der Waals surface area contributed by atoms with E-state index in [-0.39, 0.29) is 11.9 Å². The Morgan fingerprint density at radius 3 is 3.00 bits per heavy atom. The number of benzene rings is 1. The molecule has 1 heterocycles. The molecule has 1 aliphatic heterocycles. The zero-order valence-corrected chi connectivity index (χ0v) is 11.8. The van der Waals surface area contributed by atoms with Crippen LogP contribution in [0.3, 0.4) is 0 Å². The van der Waals surface area contributed by atoms with Crippen LogP contribution in [0.25, 0.3) is 0 Å². The van der Waals surface area contributed by atoms with Gasteiger partial charge in [-0.15, -0.1) is 0 Å². The second-order valence-corrected chi connectivity index (χ2v) is 5.33. The maximum Gasteiger partial charge on any atom is 0.128 e. The summed E-state index contributed by atoms with van der Waals surface area (Å²) in [6.45, 7) is 3.57. The van der Waals surface area contributed by atoms with Crippen LogP contribution in [0.15, 0.2) is 22.7 Å². The predicted octanol–water partition coefficient (Wildman–Crippen LogP) is 2.31. The smallest absolute Gasteiger partial charge is 0.128 e. The van der Waals surface area contributed by atoms with Crippen LogP contribution in [-0.4, -0.2) is 37.7 Å². The van der Waals surface area contributed by atoms with Crippen LogP contribution in [0.2, 0.25) is 0 Å². The molecule has 100 valence electrons. The van der Waals surface area contributed by atoms with Gasteiger partial charge in [0.15, 0.2) is 0 Å². The molecule has 5 heteroatoms. The van der Waals surface area contributed by atoms with E-state index in [1.807, 2.05) is 6.07 Å². The van der Waals surface area contributed by atoms with Crippen molar-refractivity contribution in [2.75, 3.05) is 32.8 Å². The van der Waals surface area contributed by atoms with E-state index in [0.29, 0.717) is 18.7 Å². The van der Waals surface area contributed by atoms with E-state index < -0.39 is 0 Å². The predicted molar refractivity (Wildman–Crippen MR) is 72.9 cm³/mol. The van der Waals surface area contributed by atoms with Crippen LogP contribution in [0.5, 0.6) is 0 Å². The zero-order chi connectivity index (χ0) is 13.0. The van der Waals surface area contributed by atoms with Gasteiger partial charge in [-0.3, -0.25) is 4.90 Å². The lowest BCUT2D eigenvalue weighted by atomic mass is 10.0. The molecular weight excluding hydrogens is 299 g/mol. The molecule has 0 radical (unpaired) electrons. The Hall–Kier alpha value is -0.490. The minimum atomic E-state index is -0.196. The van der Waals surface area contributed by atoms with Gasteiger partial charge in [0.25, 0.3) is 0 Å². The standard InChI is InChI=1S/C13H18BrFN2O/c14-10-2-3-12(15)11(8-10)13(9-16)17-4-1-6-18-7-5-17/h2-3,8,13H,1,4-7,9,16H2. The quantitative estimate of drug-likeness (QED) is 0.930. The van der Waals surface area contributed by atoms with Crippen molar-refractivity contribution in [3.63, 3.8) is 0 Å². The number of halogens is 2. The van der Waals surface area contributed by atoms with Crippen molar-refractivity contribution < 1.29 is 9.13 Å². The van der Waals surface area contributed by atoms with Crippen molar-refractivity contribution in [1.82, 2.24) is 4.90 Å². The topological polar surface area (TPSA) is 38.5 Å². The molecule has 0 amide bonds. The van der Waals surface area contributed by atoms with Gasteiger partial charge in [-0.1, -0.05) is 15.9 Å². The Balaban J connectivity index is 2.23. The summed E-state index contributed by atoms with van der Waals surface area (Å²) in [6.07, 6.45) is 0.964.